The normalized spacial score (nSPS) is 12.7. The molecule has 0 saturated carbocycles. The van der Waals surface area contributed by atoms with Gasteiger partial charge >= 0.3 is 0 Å². The van der Waals surface area contributed by atoms with Gasteiger partial charge in [-0.05, 0) is 44.7 Å². The quantitative estimate of drug-likeness (QED) is 0.773. The largest absolute Gasteiger partial charge is 0.496 e. The summed E-state index contributed by atoms with van der Waals surface area (Å²) in [5.74, 6) is 0.906. The third-order valence-corrected chi connectivity index (χ3v) is 4.06. The van der Waals surface area contributed by atoms with Crippen LogP contribution in [0, 0.1) is 6.92 Å². The molecule has 2 aromatic rings. The summed E-state index contributed by atoms with van der Waals surface area (Å²) < 4.78 is 5.37. The Kier molecular flexibility index (Phi) is 6.36. The minimum absolute atomic E-state index is 0.437. The fourth-order valence-electron chi connectivity index (χ4n) is 2.50. The van der Waals surface area contributed by atoms with Crippen LogP contribution in [0.15, 0.2) is 48.7 Å². The molecular formula is C20H26N2O. The molecule has 122 valence electrons. The lowest BCUT2D eigenvalue weighted by Gasteiger charge is -2.23. The third kappa shape index (κ3) is 5.22. The SMILES string of the molecule is COc1ccccc1/C=C/CN(C)[C@@H](C)Cc1cc(C)ccn1. The number of likely N-dealkylation sites (N-methyl/N-ethyl adjacent to an activating group) is 1. The number of aromatic nitrogens is 1. The molecule has 0 N–H and O–H groups in total. The Bertz CT molecular complexity index is 652. The van der Waals surface area contributed by atoms with Gasteiger partial charge in [0.25, 0.3) is 0 Å². The molecule has 1 atom stereocenters. The highest BCUT2D eigenvalue weighted by molar-refractivity contribution is 5.57. The maximum atomic E-state index is 5.37. The maximum absolute atomic E-state index is 5.37. The Balaban J connectivity index is 1.91. The van der Waals surface area contributed by atoms with E-state index in [0.717, 1.165) is 30.0 Å². The summed E-state index contributed by atoms with van der Waals surface area (Å²) >= 11 is 0. The van der Waals surface area contributed by atoms with Crippen LogP contribution in [0.4, 0.5) is 0 Å². The van der Waals surface area contributed by atoms with E-state index in [2.05, 4.69) is 55.1 Å². The second-order valence-electron chi connectivity index (χ2n) is 5.96. The van der Waals surface area contributed by atoms with E-state index >= 15 is 0 Å². The number of rotatable bonds is 7. The van der Waals surface area contributed by atoms with Crippen LogP contribution in [0.1, 0.15) is 23.7 Å². The highest BCUT2D eigenvalue weighted by Gasteiger charge is 2.09. The highest BCUT2D eigenvalue weighted by Crippen LogP contribution is 2.18. The molecule has 1 heterocycles. The summed E-state index contributed by atoms with van der Waals surface area (Å²) in [6.07, 6.45) is 7.14. The molecule has 0 spiro atoms. The number of aryl methyl sites for hydroxylation is 1. The zero-order valence-electron chi connectivity index (χ0n) is 14.5. The lowest BCUT2D eigenvalue weighted by atomic mass is 10.1. The average molecular weight is 310 g/mol. The minimum Gasteiger partial charge on any atom is -0.496 e. The number of hydrogen-bond acceptors (Lipinski definition) is 3. The summed E-state index contributed by atoms with van der Waals surface area (Å²) in [5, 5.41) is 0. The van der Waals surface area contributed by atoms with Crippen molar-refractivity contribution in [1.82, 2.24) is 9.88 Å². The summed E-state index contributed by atoms with van der Waals surface area (Å²) in [5.41, 5.74) is 3.52. The molecule has 1 aromatic heterocycles. The van der Waals surface area contributed by atoms with Crippen LogP contribution >= 0.6 is 0 Å². The molecule has 0 aliphatic heterocycles. The van der Waals surface area contributed by atoms with Crippen LogP contribution in [-0.4, -0.2) is 36.6 Å². The van der Waals surface area contributed by atoms with Gasteiger partial charge in [-0.1, -0.05) is 30.4 Å². The second-order valence-corrected chi connectivity index (χ2v) is 5.96. The van der Waals surface area contributed by atoms with Crippen molar-refractivity contribution in [3.8, 4) is 5.75 Å². The van der Waals surface area contributed by atoms with Crippen molar-refractivity contribution >= 4 is 6.08 Å². The van der Waals surface area contributed by atoms with Crippen molar-refractivity contribution in [3.63, 3.8) is 0 Å². The van der Waals surface area contributed by atoms with Gasteiger partial charge in [-0.25, -0.2) is 0 Å². The number of nitrogens with zero attached hydrogens (tertiary/aromatic N) is 2. The average Bonchev–Trinajstić information content (AvgIpc) is 2.55. The van der Waals surface area contributed by atoms with Crippen LogP contribution in [0.25, 0.3) is 6.08 Å². The van der Waals surface area contributed by atoms with Gasteiger partial charge in [0.05, 0.1) is 7.11 Å². The number of para-hydroxylation sites is 1. The van der Waals surface area contributed by atoms with E-state index in [1.54, 1.807) is 7.11 Å². The van der Waals surface area contributed by atoms with Crippen LogP contribution in [0.2, 0.25) is 0 Å². The molecule has 0 aliphatic carbocycles. The predicted molar refractivity (Wildman–Crippen MR) is 96.8 cm³/mol. The Labute approximate surface area is 139 Å². The summed E-state index contributed by atoms with van der Waals surface area (Å²) in [4.78, 5) is 6.78. The Morgan fingerprint density at radius 3 is 2.78 bits per heavy atom. The summed E-state index contributed by atoms with van der Waals surface area (Å²) in [6.45, 7) is 5.24. The molecule has 1 aromatic carbocycles. The first-order valence-corrected chi connectivity index (χ1v) is 8.01. The standard InChI is InChI=1S/C20H26N2O/c1-16-11-12-21-19(14-16)15-17(2)22(3)13-7-9-18-8-5-6-10-20(18)23-4/h5-12,14,17H,13,15H2,1-4H3/b9-7+/t17-/m0/s1. The smallest absolute Gasteiger partial charge is 0.126 e. The lowest BCUT2D eigenvalue weighted by Crippen LogP contribution is -2.31. The van der Waals surface area contributed by atoms with Crippen molar-refractivity contribution < 1.29 is 4.74 Å². The molecule has 3 nitrogen and oxygen atoms in total. The molecule has 0 saturated heterocycles. The maximum Gasteiger partial charge on any atom is 0.126 e. The minimum atomic E-state index is 0.437. The van der Waals surface area contributed by atoms with Crippen LogP contribution in [0.3, 0.4) is 0 Å². The number of ether oxygens (including phenoxy) is 1. The zero-order chi connectivity index (χ0) is 16.7. The van der Waals surface area contributed by atoms with E-state index in [1.165, 1.54) is 5.56 Å². The molecule has 2 rings (SSSR count). The number of hydrogen-bond donors (Lipinski definition) is 0. The number of pyridine rings is 1. The van der Waals surface area contributed by atoms with E-state index < -0.39 is 0 Å². The van der Waals surface area contributed by atoms with Gasteiger partial charge in [0.15, 0.2) is 0 Å². The fourth-order valence-corrected chi connectivity index (χ4v) is 2.50. The predicted octanol–water partition coefficient (Wildman–Crippen LogP) is 3.97. The zero-order valence-corrected chi connectivity index (χ0v) is 14.5. The van der Waals surface area contributed by atoms with E-state index in [0.29, 0.717) is 6.04 Å². The first-order valence-electron chi connectivity index (χ1n) is 8.01. The lowest BCUT2D eigenvalue weighted by molar-refractivity contribution is 0.281. The van der Waals surface area contributed by atoms with Gasteiger partial charge in [0.1, 0.15) is 5.75 Å². The molecule has 0 radical (unpaired) electrons. The van der Waals surface area contributed by atoms with Crippen molar-refractivity contribution in [2.45, 2.75) is 26.3 Å². The van der Waals surface area contributed by atoms with Gasteiger partial charge in [-0.15, -0.1) is 0 Å². The molecule has 23 heavy (non-hydrogen) atoms. The van der Waals surface area contributed by atoms with Crippen molar-refractivity contribution in [3.05, 3.63) is 65.5 Å². The second kappa shape index (κ2) is 8.49. The molecule has 0 aliphatic rings. The molecule has 0 amide bonds. The van der Waals surface area contributed by atoms with Crippen molar-refractivity contribution in [1.29, 1.82) is 0 Å². The first kappa shape index (κ1) is 17.2. The Morgan fingerprint density at radius 1 is 1.26 bits per heavy atom. The van der Waals surface area contributed by atoms with E-state index in [1.807, 2.05) is 30.5 Å². The molecule has 0 bridgehead atoms. The molecule has 0 fully saturated rings. The monoisotopic (exact) mass is 310 g/mol. The van der Waals surface area contributed by atoms with Gasteiger partial charge < -0.3 is 4.74 Å². The van der Waals surface area contributed by atoms with Crippen molar-refractivity contribution in [2.75, 3.05) is 20.7 Å². The molecule has 3 heteroatoms. The van der Waals surface area contributed by atoms with Gasteiger partial charge in [-0.3, -0.25) is 9.88 Å². The van der Waals surface area contributed by atoms with Gasteiger partial charge in [0.2, 0.25) is 0 Å². The molecule has 0 unspecified atom stereocenters. The molecular weight excluding hydrogens is 284 g/mol. The van der Waals surface area contributed by atoms with E-state index in [4.69, 9.17) is 4.74 Å². The Hall–Kier alpha value is -2.13. The van der Waals surface area contributed by atoms with Crippen LogP contribution in [0.5, 0.6) is 5.75 Å². The number of benzene rings is 1. The Morgan fingerprint density at radius 2 is 2.04 bits per heavy atom. The van der Waals surface area contributed by atoms with Gasteiger partial charge in [-0.2, -0.15) is 0 Å². The first-order chi connectivity index (χ1) is 11.1. The van der Waals surface area contributed by atoms with E-state index in [-0.39, 0.29) is 0 Å². The van der Waals surface area contributed by atoms with Crippen LogP contribution < -0.4 is 4.74 Å². The highest BCUT2D eigenvalue weighted by atomic mass is 16.5. The van der Waals surface area contributed by atoms with Crippen LogP contribution in [-0.2, 0) is 6.42 Å². The summed E-state index contributed by atoms with van der Waals surface area (Å²) in [6, 6.07) is 12.7. The number of methoxy groups -OCH3 is 1. The van der Waals surface area contributed by atoms with Crippen molar-refractivity contribution in [2.24, 2.45) is 0 Å². The van der Waals surface area contributed by atoms with Gasteiger partial charge in [0, 0.05) is 36.5 Å². The third-order valence-electron chi connectivity index (χ3n) is 4.06. The fraction of sp³-hybridized carbons (Fsp3) is 0.350. The van der Waals surface area contributed by atoms with E-state index in [9.17, 15) is 0 Å². The topological polar surface area (TPSA) is 25.4 Å². The summed E-state index contributed by atoms with van der Waals surface area (Å²) in [7, 11) is 3.85.